The Labute approximate surface area is 157 Å². The molecule has 0 saturated heterocycles. The summed E-state index contributed by atoms with van der Waals surface area (Å²) < 4.78 is 3.96. The van der Waals surface area contributed by atoms with E-state index in [1.165, 1.54) is 11.3 Å². The summed E-state index contributed by atoms with van der Waals surface area (Å²) in [6.45, 7) is 6.18. The molecule has 7 heteroatoms. The summed E-state index contributed by atoms with van der Waals surface area (Å²) in [5.41, 5.74) is 4.70. The molecule has 0 radical (unpaired) electrons. The molecule has 0 spiro atoms. The Balaban J connectivity index is 1.85. The van der Waals surface area contributed by atoms with Crippen LogP contribution in [0.25, 0.3) is 28.1 Å². The maximum absolute atomic E-state index is 10.1. The van der Waals surface area contributed by atoms with Gasteiger partial charge in [-0.3, -0.25) is 0 Å². The lowest BCUT2D eigenvalue weighted by molar-refractivity contribution is 0.387. The van der Waals surface area contributed by atoms with E-state index in [9.17, 15) is 5.11 Å². The molecule has 0 aliphatic rings. The molecule has 1 N–H and O–H groups in total. The Morgan fingerprint density at radius 3 is 2.63 bits per heavy atom. The molecule has 4 rings (SSSR count). The molecule has 0 atom stereocenters. The lowest BCUT2D eigenvalue weighted by atomic mass is 10.2. The first-order chi connectivity index (χ1) is 13.0. The fraction of sp³-hybridized carbons (Fsp3) is 0.350. The molecule has 140 valence electrons. The van der Waals surface area contributed by atoms with Crippen molar-refractivity contribution in [3.63, 3.8) is 0 Å². The zero-order valence-corrected chi connectivity index (χ0v) is 16.1. The molecule has 1 aromatic carbocycles. The van der Waals surface area contributed by atoms with Crippen molar-refractivity contribution in [3.05, 3.63) is 41.9 Å². The third-order valence-electron chi connectivity index (χ3n) is 5.08. The summed E-state index contributed by atoms with van der Waals surface area (Å²) in [7, 11) is 4.18. The Bertz CT molecular complexity index is 1120. The minimum Gasteiger partial charge on any atom is -0.507 e. The number of benzene rings is 1. The predicted octanol–water partition coefficient (Wildman–Crippen LogP) is 3.02. The van der Waals surface area contributed by atoms with Crippen LogP contribution < -0.4 is 0 Å². The first-order valence-corrected chi connectivity index (χ1v) is 9.11. The van der Waals surface area contributed by atoms with E-state index < -0.39 is 0 Å². The van der Waals surface area contributed by atoms with Crippen LogP contribution in [0.1, 0.15) is 17.7 Å². The van der Waals surface area contributed by atoms with Crippen molar-refractivity contribution in [3.8, 4) is 17.1 Å². The molecule has 27 heavy (non-hydrogen) atoms. The van der Waals surface area contributed by atoms with Crippen LogP contribution in [0.5, 0.6) is 5.75 Å². The first-order valence-electron chi connectivity index (χ1n) is 9.11. The number of fused-ring (bicyclic) bond motifs is 3. The molecular formula is C20H24N6O. The van der Waals surface area contributed by atoms with E-state index in [-0.39, 0.29) is 5.75 Å². The second-order valence-corrected chi connectivity index (χ2v) is 7.18. The number of hydrogen-bond donors (Lipinski definition) is 1. The van der Waals surface area contributed by atoms with Crippen LogP contribution in [-0.4, -0.2) is 54.8 Å². The SMILES string of the molecule is Cc1c(C)n(CCCN(C)C)c2ncn3nc(-c4ccccc4O)nc3c12. The number of para-hydroxylation sites is 1. The smallest absolute Gasteiger partial charge is 0.185 e. The maximum Gasteiger partial charge on any atom is 0.185 e. The van der Waals surface area contributed by atoms with Gasteiger partial charge in [-0.2, -0.15) is 0 Å². The highest BCUT2D eigenvalue weighted by molar-refractivity contribution is 5.94. The third-order valence-corrected chi connectivity index (χ3v) is 5.08. The van der Waals surface area contributed by atoms with Gasteiger partial charge in [0.15, 0.2) is 11.5 Å². The molecule has 4 aromatic rings. The van der Waals surface area contributed by atoms with Gasteiger partial charge in [-0.25, -0.2) is 14.5 Å². The van der Waals surface area contributed by atoms with Crippen LogP contribution in [-0.2, 0) is 6.54 Å². The molecule has 7 nitrogen and oxygen atoms in total. The predicted molar refractivity (Wildman–Crippen MR) is 106 cm³/mol. The van der Waals surface area contributed by atoms with Crippen LogP contribution in [0.4, 0.5) is 0 Å². The fourth-order valence-electron chi connectivity index (χ4n) is 3.53. The standard InChI is InChI=1S/C20H24N6O/c1-13-14(2)25(11-7-10-24(3)4)19-17(13)20-22-18(23-26(20)12-21-19)15-8-5-6-9-16(15)27/h5-6,8-9,12,27H,7,10-11H2,1-4H3. The molecule has 0 fully saturated rings. The van der Waals surface area contributed by atoms with Crippen molar-refractivity contribution in [1.82, 2.24) is 29.0 Å². The second-order valence-electron chi connectivity index (χ2n) is 7.18. The molecule has 3 heterocycles. The summed E-state index contributed by atoms with van der Waals surface area (Å²) in [6, 6.07) is 7.12. The largest absolute Gasteiger partial charge is 0.507 e. The highest BCUT2D eigenvalue weighted by atomic mass is 16.3. The van der Waals surface area contributed by atoms with Gasteiger partial charge in [-0.1, -0.05) is 12.1 Å². The molecular weight excluding hydrogens is 340 g/mol. The maximum atomic E-state index is 10.1. The van der Waals surface area contributed by atoms with Crippen LogP contribution in [0.15, 0.2) is 30.6 Å². The average Bonchev–Trinajstić information content (AvgIpc) is 3.16. The van der Waals surface area contributed by atoms with Crippen LogP contribution in [0.2, 0.25) is 0 Å². The number of rotatable bonds is 5. The number of hydrogen-bond acceptors (Lipinski definition) is 5. The minimum atomic E-state index is 0.173. The van der Waals surface area contributed by atoms with Gasteiger partial charge < -0.3 is 14.6 Å². The number of aromatic nitrogens is 5. The molecule has 3 aromatic heterocycles. The Morgan fingerprint density at radius 2 is 1.89 bits per heavy atom. The van der Waals surface area contributed by atoms with E-state index >= 15 is 0 Å². The van der Waals surface area contributed by atoms with Gasteiger partial charge in [-0.15, -0.1) is 5.10 Å². The van der Waals surface area contributed by atoms with Gasteiger partial charge in [0.2, 0.25) is 0 Å². The monoisotopic (exact) mass is 364 g/mol. The van der Waals surface area contributed by atoms with Crippen LogP contribution in [0.3, 0.4) is 0 Å². The van der Waals surface area contributed by atoms with Gasteiger partial charge in [0.05, 0.1) is 10.9 Å². The van der Waals surface area contributed by atoms with Crippen molar-refractivity contribution in [2.75, 3.05) is 20.6 Å². The molecule has 0 aliphatic carbocycles. The third kappa shape index (κ3) is 2.94. The number of aryl methyl sites for hydroxylation is 2. The number of nitrogens with zero attached hydrogens (tertiary/aromatic N) is 6. The fourth-order valence-corrected chi connectivity index (χ4v) is 3.53. The summed E-state index contributed by atoms with van der Waals surface area (Å²) in [4.78, 5) is 11.6. The van der Waals surface area contributed by atoms with Crippen molar-refractivity contribution >= 4 is 16.7 Å². The van der Waals surface area contributed by atoms with Crippen molar-refractivity contribution in [2.45, 2.75) is 26.8 Å². The number of phenols is 1. The highest BCUT2D eigenvalue weighted by Gasteiger charge is 2.19. The van der Waals surface area contributed by atoms with E-state index in [4.69, 9.17) is 4.98 Å². The molecule has 0 aliphatic heterocycles. The quantitative estimate of drug-likeness (QED) is 0.589. The van der Waals surface area contributed by atoms with E-state index in [0.717, 1.165) is 36.2 Å². The first kappa shape index (κ1) is 17.5. The van der Waals surface area contributed by atoms with Crippen molar-refractivity contribution in [1.29, 1.82) is 0 Å². The Morgan fingerprint density at radius 1 is 1.11 bits per heavy atom. The van der Waals surface area contributed by atoms with Crippen molar-refractivity contribution < 1.29 is 5.11 Å². The summed E-state index contributed by atoms with van der Waals surface area (Å²) in [6.07, 6.45) is 2.76. The lowest BCUT2D eigenvalue weighted by Crippen LogP contribution is -2.15. The van der Waals surface area contributed by atoms with Gasteiger partial charge >= 0.3 is 0 Å². The van der Waals surface area contributed by atoms with Crippen LogP contribution >= 0.6 is 0 Å². The normalized spacial score (nSPS) is 11.9. The summed E-state index contributed by atoms with van der Waals surface area (Å²) in [5.74, 6) is 0.673. The topological polar surface area (TPSA) is 71.5 Å². The lowest BCUT2D eigenvalue weighted by Gasteiger charge is -2.11. The molecule has 0 bridgehead atoms. The van der Waals surface area contributed by atoms with Crippen molar-refractivity contribution in [2.24, 2.45) is 0 Å². The molecule has 0 saturated carbocycles. The second kappa shape index (κ2) is 6.66. The zero-order chi connectivity index (χ0) is 19.1. The van der Waals surface area contributed by atoms with E-state index in [1.807, 2.05) is 12.1 Å². The average molecular weight is 364 g/mol. The number of aromatic hydroxyl groups is 1. The van der Waals surface area contributed by atoms with Crippen LogP contribution in [0, 0.1) is 13.8 Å². The van der Waals surface area contributed by atoms with E-state index in [0.29, 0.717) is 11.4 Å². The molecule has 0 unspecified atom stereocenters. The van der Waals surface area contributed by atoms with Gasteiger partial charge in [0.25, 0.3) is 0 Å². The van der Waals surface area contributed by atoms with Gasteiger partial charge in [-0.05, 0) is 58.6 Å². The summed E-state index contributed by atoms with van der Waals surface area (Å²) in [5, 5.41) is 15.7. The van der Waals surface area contributed by atoms with E-state index in [1.54, 1.807) is 23.0 Å². The molecule has 0 amide bonds. The van der Waals surface area contributed by atoms with Gasteiger partial charge in [0.1, 0.15) is 17.7 Å². The Kier molecular flexibility index (Phi) is 4.31. The van der Waals surface area contributed by atoms with E-state index in [2.05, 4.69) is 47.5 Å². The Hall–Kier alpha value is -2.93. The van der Waals surface area contributed by atoms with Gasteiger partial charge in [0, 0.05) is 12.2 Å². The number of phenolic OH excluding ortho intramolecular Hbond substituents is 1. The zero-order valence-electron chi connectivity index (χ0n) is 16.1. The minimum absolute atomic E-state index is 0.173. The highest BCUT2D eigenvalue weighted by Crippen LogP contribution is 2.30. The summed E-state index contributed by atoms with van der Waals surface area (Å²) >= 11 is 0.